The van der Waals surface area contributed by atoms with Crippen molar-refractivity contribution in [3.63, 3.8) is 0 Å². The van der Waals surface area contributed by atoms with Gasteiger partial charge in [-0.3, -0.25) is 0 Å². The number of aryl methyl sites for hydroxylation is 3. The molecule has 20 heavy (non-hydrogen) atoms. The van der Waals surface area contributed by atoms with Crippen LogP contribution in [0.4, 0.5) is 0 Å². The Kier molecular flexibility index (Phi) is 4.83. The predicted octanol–water partition coefficient (Wildman–Crippen LogP) is 3.70. The average molecular weight is 338 g/mol. The molecule has 2 rings (SSSR count). The summed E-state index contributed by atoms with van der Waals surface area (Å²) >= 11 is 3.50. The fourth-order valence-corrected chi connectivity index (χ4v) is 2.30. The van der Waals surface area contributed by atoms with Crippen LogP contribution in [0.5, 0.6) is 11.6 Å². The first-order valence-corrected chi connectivity index (χ1v) is 7.49. The molecule has 0 fully saturated rings. The van der Waals surface area contributed by atoms with Gasteiger partial charge in [0.25, 0.3) is 0 Å². The zero-order valence-corrected chi connectivity index (χ0v) is 13.9. The van der Waals surface area contributed by atoms with E-state index >= 15 is 0 Å². The van der Waals surface area contributed by atoms with Gasteiger partial charge < -0.3 is 10.1 Å². The standard InChI is InChI=1S/C15H20BrN3O/c1-5-17-9-13-11(3)18-19(4)15(13)20-12-6-7-14(16)10(2)8-12/h6-8,17H,5,9H2,1-4H3. The van der Waals surface area contributed by atoms with Crippen molar-refractivity contribution >= 4 is 15.9 Å². The predicted molar refractivity (Wildman–Crippen MR) is 84.3 cm³/mol. The lowest BCUT2D eigenvalue weighted by atomic mass is 10.2. The summed E-state index contributed by atoms with van der Waals surface area (Å²) < 4.78 is 8.91. The summed E-state index contributed by atoms with van der Waals surface area (Å²) in [6, 6.07) is 5.97. The highest BCUT2D eigenvalue weighted by atomic mass is 79.9. The van der Waals surface area contributed by atoms with Crippen LogP contribution in [-0.4, -0.2) is 16.3 Å². The summed E-state index contributed by atoms with van der Waals surface area (Å²) in [4.78, 5) is 0. The molecular weight excluding hydrogens is 318 g/mol. The van der Waals surface area contributed by atoms with E-state index in [9.17, 15) is 0 Å². The molecule has 0 aliphatic heterocycles. The highest BCUT2D eigenvalue weighted by Gasteiger charge is 2.15. The monoisotopic (exact) mass is 337 g/mol. The first-order valence-electron chi connectivity index (χ1n) is 6.70. The fraction of sp³-hybridized carbons (Fsp3) is 0.400. The van der Waals surface area contributed by atoms with Crippen molar-refractivity contribution in [2.75, 3.05) is 6.54 Å². The zero-order chi connectivity index (χ0) is 14.7. The molecule has 1 aromatic carbocycles. The van der Waals surface area contributed by atoms with Crippen molar-refractivity contribution in [2.24, 2.45) is 7.05 Å². The van der Waals surface area contributed by atoms with Gasteiger partial charge in [-0.15, -0.1) is 0 Å². The Balaban J connectivity index is 2.29. The number of nitrogens with zero attached hydrogens (tertiary/aromatic N) is 2. The summed E-state index contributed by atoms with van der Waals surface area (Å²) in [6.07, 6.45) is 0. The highest BCUT2D eigenvalue weighted by molar-refractivity contribution is 9.10. The summed E-state index contributed by atoms with van der Waals surface area (Å²) in [6.45, 7) is 7.83. The van der Waals surface area contributed by atoms with Crippen LogP contribution in [-0.2, 0) is 13.6 Å². The Morgan fingerprint density at radius 1 is 1.35 bits per heavy atom. The zero-order valence-electron chi connectivity index (χ0n) is 12.3. The molecular formula is C15H20BrN3O. The minimum atomic E-state index is 0.765. The first kappa shape index (κ1) is 15.1. The van der Waals surface area contributed by atoms with Gasteiger partial charge in [0.05, 0.1) is 11.3 Å². The van der Waals surface area contributed by atoms with Gasteiger partial charge >= 0.3 is 0 Å². The molecule has 4 nitrogen and oxygen atoms in total. The van der Waals surface area contributed by atoms with E-state index in [1.807, 2.05) is 39.1 Å². The molecule has 0 amide bonds. The van der Waals surface area contributed by atoms with Gasteiger partial charge in [-0.25, -0.2) is 4.68 Å². The topological polar surface area (TPSA) is 39.1 Å². The number of halogens is 1. The van der Waals surface area contributed by atoms with E-state index < -0.39 is 0 Å². The second kappa shape index (κ2) is 6.41. The van der Waals surface area contributed by atoms with Gasteiger partial charge in [0.1, 0.15) is 5.75 Å². The van der Waals surface area contributed by atoms with Crippen LogP contribution in [0.3, 0.4) is 0 Å². The Labute approximate surface area is 128 Å². The van der Waals surface area contributed by atoms with E-state index in [4.69, 9.17) is 4.74 Å². The van der Waals surface area contributed by atoms with E-state index in [1.165, 1.54) is 0 Å². The van der Waals surface area contributed by atoms with E-state index in [0.717, 1.165) is 46.0 Å². The average Bonchev–Trinajstić information content (AvgIpc) is 2.66. The molecule has 0 radical (unpaired) electrons. The Morgan fingerprint density at radius 3 is 2.75 bits per heavy atom. The smallest absolute Gasteiger partial charge is 0.222 e. The molecule has 0 saturated heterocycles. The molecule has 0 aliphatic carbocycles. The summed E-state index contributed by atoms with van der Waals surface area (Å²) in [5.41, 5.74) is 3.25. The Hall–Kier alpha value is -1.33. The van der Waals surface area contributed by atoms with Crippen LogP contribution in [0.15, 0.2) is 22.7 Å². The minimum Gasteiger partial charge on any atom is -0.439 e. The number of hydrogen-bond acceptors (Lipinski definition) is 3. The quantitative estimate of drug-likeness (QED) is 0.904. The number of aromatic nitrogens is 2. The lowest BCUT2D eigenvalue weighted by Gasteiger charge is -2.10. The molecule has 1 N–H and O–H groups in total. The maximum Gasteiger partial charge on any atom is 0.222 e. The second-order valence-electron chi connectivity index (χ2n) is 4.79. The van der Waals surface area contributed by atoms with Crippen molar-refractivity contribution in [3.05, 3.63) is 39.5 Å². The van der Waals surface area contributed by atoms with Crippen molar-refractivity contribution in [3.8, 4) is 11.6 Å². The van der Waals surface area contributed by atoms with Crippen LogP contribution >= 0.6 is 15.9 Å². The van der Waals surface area contributed by atoms with Crippen molar-refractivity contribution < 1.29 is 4.74 Å². The van der Waals surface area contributed by atoms with E-state index in [-0.39, 0.29) is 0 Å². The van der Waals surface area contributed by atoms with Gasteiger partial charge in [-0.1, -0.05) is 22.9 Å². The molecule has 1 aromatic heterocycles. The lowest BCUT2D eigenvalue weighted by molar-refractivity contribution is 0.424. The lowest BCUT2D eigenvalue weighted by Crippen LogP contribution is -2.12. The van der Waals surface area contributed by atoms with Gasteiger partial charge in [-0.2, -0.15) is 5.10 Å². The van der Waals surface area contributed by atoms with Crippen molar-refractivity contribution in [2.45, 2.75) is 27.3 Å². The van der Waals surface area contributed by atoms with Crippen LogP contribution < -0.4 is 10.1 Å². The largest absolute Gasteiger partial charge is 0.439 e. The molecule has 0 spiro atoms. The second-order valence-corrected chi connectivity index (χ2v) is 5.64. The normalized spacial score (nSPS) is 10.8. The van der Waals surface area contributed by atoms with Crippen LogP contribution in [0.1, 0.15) is 23.7 Å². The fourth-order valence-electron chi connectivity index (χ4n) is 2.05. The maximum absolute atomic E-state index is 6.03. The van der Waals surface area contributed by atoms with Crippen molar-refractivity contribution in [1.82, 2.24) is 15.1 Å². The number of benzene rings is 1. The van der Waals surface area contributed by atoms with Gasteiger partial charge in [-0.05, 0) is 44.2 Å². The highest BCUT2D eigenvalue weighted by Crippen LogP contribution is 2.29. The summed E-state index contributed by atoms with van der Waals surface area (Å²) in [7, 11) is 1.91. The van der Waals surface area contributed by atoms with Crippen molar-refractivity contribution in [1.29, 1.82) is 0 Å². The molecule has 1 heterocycles. The van der Waals surface area contributed by atoms with Gasteiger partial charge in [0, 0.05) is 18.1 Å². The summed E-state index contributed by atoms with van der Waals surface area (Å²) in [5.74, 6) is 1.62. The molecule has 0 saturated carbocycles. The van der Waals surface area contributed by atoms with E-state index in [0.29, 0.717) is 0 Å². The molecule has 0 atom stereocenters. The van der Waals surface area contributed by atoms with Crippen LogP contribution in [0.2, 0.25) is 0 Å². The first-order chi connectivity index (χ1) is 9.52. The number of ether oxygens (including phenoxy) is 1. The van der Waals surface area contributed by atoms with Crippen LogP contribution in [0.25, 0.3) is 0 Å². The van der Waals surface area contributed by atoms with E-state index in [1.54, 1.807) is 4.68 Å². The SMILES string of the molecule is CCNCc1c(C)nn(C)c1Oc1ccc(Br)c(C)c1. The third-order valence-corrected chi connectivity index (χ3v) is 4.07. The minimum absolute atomic E-state index is 0.765. The Bertz CT molecular complexity index is 607. The number of rotatable bonds is 5. The van der Waals surface area contributed by atoms with Gasteiger partial charge in [0.2, 0.25) is 5.88 Å². The molecule has 2 aromatic rings. The maximum atomic E-state index is 6.03. The third kappa shape index (κ3) is 3.22. The number of nitrogens with one attached hydrogen (secondary N) is 1. The molecule has 0 bridgehead atoms. The van der Waals surface area contributed by atoms with Crippen LogP contribution in [0, 0.1) is 13.8 Å². The molecule has 5 heteroatoms. The Morgan fingerprint density at radius 2 is 2.10 bits per heavy atom. The third-order valence-electron chi connectivity index (χ3n) is 3.18. The number of hydrogen-bond donors (Lipinski definition) is 1. The molecule has 0 aliphatic rings. The molecule has 0 unspecified atom stereocenters. The molecule has 108 valence electrons. The summed E-state index contributed by atoms with van der Waals surface area (Å²) in [5, 5.41) is 7.77. The van der Waals surface area contributed by atoms with E-state index in [2.05, 4.69) is 33.3 Å². The van der Waals surface area contributed by atoms with Gasteiger partial charge in [0.15, 0.2) is 0 Å².